The Bertz CT molecular complexity index is 685. The molecule has 2 rings (SSSR count). The normalized spacial score (nSPS) is 10.4. The first-order chi connectivity index (χ1) is 10.1. The van der Waals surface area contributed by atoms with Gasteiger partial charge in [-0.2, -0.15) is 0 Å². The van der Waals surface area contributed by atoms with E-state index in [1.807, 2.05) is 24.3 Å². The van der Waals surface area contributed by atoms with E-state index in [2.05, 4.69) is 18.7 Å². The van der Waals surface area contributed by atoms with Crippen molar-refractivity contribution < 1.29 is 9.90 Å². The topological polar surface area (TPSA) is 62.5 Å². The Morgan fingerprint density at radius 1 is 1.10 bits per heavy atom. The number of aromatic nitrogens is 1. The Hall–Kier alpha value is -2.56. The van der Waals surface area contributed by atoms with E-state index >= 15 is 0 Å². The van der Waals surface area contributed by atoms with Gasteiger partial charge in [-0.25, -0.2) is 4.79 Å². The zero-order valence-corrected chi connectivity index (χ0v) is 12.1. The molecule has 1 N–H and O–H groups in total. The number of anilines is 1. The van der Waals surface area contributed by atoms with Crippen molar-refractivity contribution in [2.45, 2.75) is 13.8 Å². The van der Waals surface area contributed by atoms with Crippen LogP contribution in [0.5, 0.6) is 0 Å². The van der Waals surface area contributed by atoms with Crippen molar-refractivity contribution in [3.63, 3.8) is 0 Å². The lowest BCUT2D eigenvalue weighted by atomic mass is 10.2. The van der Waals surface area contributed by atoms with Crippen LogP contribution < -0.4 is 10.5 Å². The summed E-state index contributed by atoms with van der Waals surface area (Å²) in [6.45, 7) is 5.98. The van der Waals surface area contributed by atoms with Gasteiger partial charge < -0.3 is 10.0 Å². The lowest BCUT2D eigenvalue weighted by Crippen LogP contribution is -2.22. The highest BCUT2D eigenvalue weighted by Crippen LogP contribution is 2.16. The summed E-state index contributed by atoms with van der Waals surface area (Å²) in [5.74, 6) is -1.05. The fraction of sp³-hybridized carbons (Fsp3) is 0.250. The molecular formula is C16H18N2O3. The zero-order valence-electron chi connectivity index (χ0n) is 12.1. The number of rotatable bonds is 5. The predicted molar refractivity (Wildman–Crippen MR) is 82.6 cm³/mol. The van der Waals surface area contributed by atoms with Crippen LogP contribution in [0.15, 0.2) is 47.4 Å². The lowest BCUT2D eigenvalue weighted by Gasteiger charge is -2.21. The molecule has 0 aliphatic rings. The molecule has 0 bridgehead atoms. The number of hydrogen-bond donors (Lipinski definition) is 1. The van der Waals surface area contributed by atoms with Crippen LogP contribution in [0.3, 0.4) is 0 Å². The summed E-state index contributed by atoms with van der Waals surface area (Å²) in [5.41, 5.74) is 1.56. The molecule has 0 spiro atoms. The first kappa shape index (κ1) is 14.8. The minimum Gasteiger partial charge on any atom is -0.478 e. The van der Waals surface area contributed by atoms with Crippen molar-refractivity contribution in [1.29, 1.82) is 0 Å². The van der Waals surface area contributed by atoms with Gasteiger partial charge in [0.05, 0.1) is 5.56 Å². The molecule has 0 saturated heterocycles. The molecule has 2 aromatic rings. The van der Waals surface area contributed by atoms with Crippen LogP contribution in [0, 0.1) is 0 Å². The molecule has 0 radical (unpaired) electrons. The maximum atomic E-state index is 11.9. The van der Waals surface area contributed by atoms with E-state index < -0.39 is 5.97 Å². The summed E-state index contributed by atoms with van der Waals surface area (Å²) in [6.07, 6.45) is 1.34. The van der Waals surface area contributed by atoms with Gasteiger partial charge in [0.15, 0.2) is 0 Å². The number of benzene rings is 1. The SMILES string of the molecule is CCN(CC)c1ccc(-n2cc(C(=O)O)ccc2=O)cc1. The van der Waals surface area contributed by atoms with Gasteiger partial charge >= 0.3 is 5.97 Å². The molecule has 0 unspecified atom stereocenters. The van der Waals surface area contributed by atoms with Crippen molar-refractivity contribution in [3.05, 3.63) is 58.5 Å². The Morgan fingerprint density at radius 3 is 2.24 bits per heavy atom. The Balaban J connectivity index is 2.41. The second-order valence-corrected chi connectivity index (χ2v) is 4.62. The summed E-state index contributed by atoms with van der Waals surface area (Å²) < 4.78 is 1.34. The molecule has 1 aromatic carbocycles. The van der Waals surface area contributed by atoms with Crippen molar-refractivity contribution in [3.8, 4) is 5.69 Å². The van der Waals surface area contributed by atoms with E-state index in [-0.39, 0.29) is 11.1 Å². The number of carbonyl (C=O) groups is 1. The van der Waals surface area contributed by atoms with Gasteiger partial charge in [-0.15, -0.1) is 0 Å². The molecule has 0 aliphatic carbocycles. The molecule has 0 fully saturated rings. The summed E-state index contributed by atoms with van der Waals surface area (Å²) in [7, 11) is 0. The Labute approximate surface area is 123 Å². The second-order valence-electron chi connectivity index (χ2n) is 4.62. The Morgan fingerprint density at radius 2 is 1.71 bits per heavy atom. The van der Waals surface area contributed by atoms with Gasteiger partial charge in [-0.1, -0.05) is 0 Å². The van der Waals surface area contributed by atoms with Crippen LogP contribution in [-0.4, -0.2) is 28.7 Å². The van der Waals surface area contributed by atoms with E-state index in [0.717, 1.165) is 18.8 Å². The predicted octanol–water partition coefficient (Wildman–Crippen LogP) is 2.38. The fourth-order valence-electron chi connectivity index (χ4n) is 2.23. The van der Waals surface area contributed by atoms with E-state index in [0.29, 0.717) is 5.69 Å². The van der Waals surface area contributed by atoms with Gasteiger partial charge in [0.25, 0.3) is 5.56 Å². The number of carboxylic acids is 1. The van der Waals surface area contributed by atoms with Gasteiger partial charge in [-0.3, -0.25) is 9.36 Å². The molecule has 1 aromatic heterocycles. The van der Waals surface area contributed by atoms with Crippen molar-refractivity contribution in [1.82, 2.24) is 4.57 Å². The van der Waals surface area contributed by atoms with Crippen LogP contribution in [0.2, 0.25) is 0 Å². The van der Waals surface area contributed by atoms with Crippen LogP contribution in [-0.2, 0) is 0 Å². The molecule has 0 saturated carbocycles. The molecule has 0 aliphatic heterocycles. The highest BCUT2D eigenvalue weighted by molar-refractivity contribution is 5.87. The molecule has 110 valence electrons. The van der Waals surface area contributed by atoms with Crippen LogP contribution in [0.1, 0.15) is 24.2 Å². The highest BCUT2D eigenvalue weighted by Gasteiger charge is 2.07. The monoisotopic (exact) mass is 286 g/mol. The summed E-state index contributed by atoms with van der Waals surface area (Å²) >= 11 is 0. The van der Waals surface area contributed by atoms with Gasteiger partial charge in [-0.05, 0) is 44.2 Å². The lowest BCUT2D eigenvalue weighted by molar-refractivity contribution is 0.0696. The largest absolute Gasteiger partial charge is 0.478 e. The van der Waals surface area contributed by atoms with Crippen LogP contribution >= 0.6 is 0 Å². The third-order valence-corrected chi connectivity index (χ3v) is 3.41. The van der Waals surface area contributed by atoms with Gasteiger partial charge in [0, 0.05) is 36.7 Å². The first-order valence-corrected chi connectivity index (χ1v) is 6.88. The first-order valence-electron chi connectivity index (χ1n) is 6.88. The summed E-state index contributed by atoms with van der Waals surface area (Å²) in [5, 5.41) is 9.01. The number of hydrogen-bond acceptors (Lipinski definition) is 3. The molecule has 0 amide bonds. The van der Waals surface area contributed by atoms with E-state index in [9.17, 15) is 9.59 Å². The summed E-state index contributed by atoms with van der Waals surface area (Å²) in [4.78, 5) is 25.1. The zero-order chi connectivity index (χ0) is 15.4. The quantitative estimate of drug-likeness (QED) is 0.916. The third kappa shape index (κ3) is 3.13. The van der Waals surface area contributed by atoms with Crippen LogP contribution in [0.4, 0.5) is 5.69 Å². The average molecular weight is 286 g/mol. The molecule has 1 heterocycles. The number of carboxylic acid groups (broad SMARTS) is 1. The smallest absolute Gasteiger partial charge is 0.337 e. The molecular weight excluding hydrogens is 268 g/mol. The van der Waals surface area contributed by atoms with Gasteiger partial charge in [0.1, 0.15) is 0 Å². The van der Waals surface area contributed by atoms with Gasteiger partial charge in [0.2, 0.25) is 0 Å². The minimum atomic E-state index is -1.05. The third-order valence-electron chi connectivity index (χ3n) is 3.41. The van der Waals surface area contributed by atoms with E-state index in [1.54, 1.807) is 0 Å². The van der Waals surface area contributed by atoms with E-state index in [4.69, 9.17) is 5.11 Å². The van der Waals surface area contributed by atoms with Crippen molar-refractivity contribution >= 4 is 11.7 Å². The Kier molecular flexibility index (Phi) is 4.42. The number of aromatic carboxylic acids is 1. The minimum absolute atomic E-state index is 0.0856. The summed E-state index contributed by atoms with van der Waals surface area (Å²) in [6, 6.07) is 10.1. The molecule has 0 atom stereocenters. The van der Waals surface area contributed by atoms with Crippen molar-refractivity contribution in [2.75, 3.05) is 18.0 Å². The standard InChI is InChI=1S/C16H18N2O3/c1-3-17(4-2)13-6-8-14(9-7-13)18-11-12(16(20)21)5-10-15(18)19/h5-11H,3-4H2,1-2H3,(H,20,21). The fourth-order valence-corrected chi connectivity index (χ4v) is 2.23. The number of pyridine rings is 1. The molecule has 5 nitrogen and oxygen atoms in total. The maximum Gasteiger partial charge on any atom is 0.337 e. The maximum absolute atomic E-state index is 11.9. The second kappa shape index (κ2) is 6.26. The average Bonchev–Trinajstić information content (AvgIpc) is 2.49. The van der Waals surface area contributed by atoms with Crippen LogP contribution in [0.25, 0.3) is 5.69 Å². The number of nitrogens with zero attached hydrogens (tertiary/aromatic N) is 2. The van der Waals surface area contributed by atoms with E-state index in [1.165, 1.54) is 22.9 Å². The molecule has 5 heteroatoms. The highest BCUT2D eigenvalue weighted by atomic mass is 16.4. The van der Waals surface area contributed by atoms with Crippen molar-refractivity contribution in [2.24, 2.45) is 0 Å². The molecule has 21 heavy (non-hydrogen) atoms.